The average molecular weight is 284 g/mol. The first-order valence-corrected chi connectivity index (χ1v) is 7.42. The molecule has 0 spiro atoms. The molecule has 2 aliphatic heterocycles. The van der Waals surface area contributed by atoms with Gasteiger partial charge in [0.25, 0.3) is 0 Å². The molecule has 2 rings (SSSR count). The molecule has 0 aromatic rings. The summed E-state index contributed by atoms with van der Waals surface area (Å²) in [4.78, 5) is 27.3. The molecule has 0 saturated carbocycles. The molecule has 0 bridgehead atoms. The van der Waals surface area contributed by atoms with E-state index in [2.05, 4.69) is 0 Å². The molecule has 2 fully saturated rings. The van der Waals surface area contributed by atoms with Crippen LogP contribution in [0.2, 0.25) is 0 Å². The number of carbonyl (C=O) groups excluding carboxylic acids is 1. The summed E-state index contributed by atoms with van der Waals surface area (Å²) in [6.45, 7) is 6.15. The minimum atomic E-state index is -0.801. The molecule has 0 aliphatic carbocycles. The smallest absolute Gasteiger partial charge is 0.320 e. The van der Waals surface area contributed by atoms with E-state index in [1.165, 1.54) is 0 Å². The Kier molecular flexibility index (Phi) is 4.86. The summed E-state index contributed by atoms with van der Waals surface area (Å²) in [5, 5.41) is 9.12. The van der Waals surface area contributed by atoms with Crippen LogP contribution in [0.4, 0.5) is 4.79 Å². The zero-order valence-electron chi connectivity index (χ0n) is 12.2. The van der Waals surface area contributed by atoms with Gasteiger partial charge in [0, 0.05) is 19.6 Å². The maximum Gasteiger partial charge on any atom is 0.320 e. The number of aliphatic carboxylic acids is 1. The number of amides is 2. The lowest BCUT2D eigenvalue weighted by Crippen LogP contribution is -2.57. The van der Waals surface area contributed by atoms with Crippen molar-refractivity contribution in [2.45, 2.75) is 45.3 Å². The topological polar surface area (TPSA) is 70.1 Å². The molecular weight excluding hydrogens is 260 g/mol. The molecule has 0 radical (unpaired) electrons. The summed E-state index contributed by atoms with van der Waals surface area (Å²) in [7, 11) is 0. The Balaban J connectivity index is 2.03. The average Bonchev–Trinajstić information content (AvgIpc) is 2.46. The van der Waals surface area contributed by atoms with E-state index in [1.807, 2.05) is 18.7 Å². The number of nitrogens with zero attached hydrogens (tertiary/aromatic N) is 2. The number of ether oxygens (including phenoxy) is 1. The monoisotopic (exact) mass is 284 g/mol. The Hall–Kier alpha value is -1.30. The lowest BCUT2D eigenvalue weighted by atomic mass is 9.98. The molecule has 1 N–H and O–H groups in total. The van der Waals surface area contributed by atoms with Gasteiger partial charge in [-0.15, -0.1) is 0 Å². The van der Waals surface area contributed by atoms with Crippen molar-refractivity contribution in [3.8, 4) is 0 Å². The molecule has 2 amide bonds. The second kappa shape index (κ2) is 6.43. The van der Waals surface area contributed by atoms with Crippen molar-refractivity contribution in [3.05, 3.63) is 0 Å². The third-order valence-electron chi connectivity index (χ3n) is 4.23. The highest BCUT2D eigenvalue weighted by atomic mass is 16.5. The first-order valence-electron chi connectivity index (χ1n) is 7.42. The maximum absolute atomic E-state index is 12.6. The number of urea groups is 1. The summed E-state index contributed by atoms with van der Waals surface area (Å²) in [6, 6.07) is 0.0712. The van der Waals surface area contributed by atoms with E-state index in [0.717, 1.165) is 12.8 Å². The van der Waals surface area contributed by atoms with E-state index < -0.39 is 11.9 Å². The van der Waals surface area contributed by atoms with Crippen molar-refractivity contribution in [1.29, 1.82) is 0 Å². The van der Waals surface area contributed by atoms with E-state index in [1.54, 1.807) is 4.90 Å². The lowest BCUT2D eigenvalue weighted by molar-refractivity contribution is -0.143. The predicted octanol–water partition coefficient (Wildman–Crippen LogP) is 1.40. The van der Waals surface area contributed by atoms with Gasteiger partial charge in [0.15, 0.2) is 0 Å². The van der Waals surface area contributed by atoms with Crippen molar-refractivity contribution in [1.82, 2.24) is 9.80 Å². The molecule has 2 aliphatic rings. The number of hydrogen-bond donors (Lipinski definition) is 1. The van der Waals surface area contributed by atoms with Gasteiger partial charge in [0.1, 0.15) is 0 Å². The zero-order valence-corrected chi connectivity index (χ0v) is 12.2. The molecule has 0 aromatic heterocycles. The second-order valence-electron chi connectivity index (χ2n) is 5.76. The summed E-state index contributed by atoms with van der Waals surface area (Å²) in [5.41, 5.74) is 0. The van der Waals surface area contributed by atoms with Crippen molar-refractivity contribution >= 4 is 12.0 Å². The van der Waals surface area contributed by atoms with Gasteiger partial charge in [0.2, 0.25) is 0 Å². The number of likely N-dealkylation sites (tertiary alicyclic amines) is 1. The summed E-state index contributed by atoms with van der Waals surface area (Å²) < 4.78 is 5.60. The Morgan fingerprint density at radius 1 is 1.35 bits per heavy atom. The minimum absolute atomic E-state index is 0.0297. The fraction of sp³-hybridized carbons (Fsp3) is 0.857. The van der Waals surface area contributed by atoms with Gasteiger partial charge in [-0.1, -0.05) is 6.92 Å². The highest BCUT2D eigenvalue weighted by Crippen LogP contribution is 2.21. The Labute approximate surface area is 119 Å². The molecular formula is C14H24N2O4. The largest absolute Gasteiger partial charge is 0.481 e. The van der Waals surface area contributed by atoms with Gasteiger partial charge in [-0.3, -0.25) is 4.79 Å². The van der Waals surface area contributed by atoms with Crippen molar-refractivity contribution in [3.63, 3.8) is 0 Å². The van der Waals surface area contributed by atoms with Crippen LogP contribution in [-0.2, 0) is 9.53 Å². The maximum atomic E-state index is 12.6. The SMILES string of the molecule is CCC1COC(C)CN1C(=O)N1CCC[C@@H](C(=O)O)C1. The van der Waals surface area contributed by atoms with Crippen LogP contribution < -0.4 is 0 Å². The normalized spacial score (nSPS) is 31.2. The number of carboxylic acid groups (broad SMARTS) is 1. The van der Waals surface area contributed by atoms with Crippen LogP contribution >= 0.6 is 0 Å². The lowest BCUT2D eigenvalue weighted by Gasteiger charge is -2.42. The van der Waals surface area contributed by atoms with E-state index in [4.69, 9.17) is 9.84 Å². The van der Waals surface area contributed by atoms with E-state index in [9.17, 15) is 9.59 Å². The van der Waals surface area contributed by atoms with Gasteiger partial charge < -0.3 is 19.6 Å². The molecule has 6 heteroatoms. The van der Waals surface area contributed by atoms with Gasteiger partial charge in [-0.25, -0.2) is 4.79 Å². The molecule has 2 saturated heterocycles. The minimum Gasteiger partial charge on any atom is -0.481 e. The summed E-state index contributed by atoms with van der Waals surface area (Å²) >= 11 is 0. The van der Waals surface area contributed by atoms with Crippen LogP contribution in [0.1, 0.15) is 33.1 Å². The van der Waals surface area contributed by atoms with Gasteiger partial charge in [-0.2, -0.15) is 0 Å². The van der Waals surface area contributed by atoms with Crippen molar-refractivity contribution in [2.24, 2.45) is 5.92 Å². The highest BCUT2D eigenvalue weighted by molar-refractivity contribution is 5.77. The van der Waals surface area contributed by atoms with Crippen LogP contribution in [0.15, 0.2) is 0 Å². The van der Waals surface area contributed by atoms with Crippen LogP contribution in [0.25, 0.3) is 0 Å². The second-order valence-corrected chi connectivity index (χ2v) is 5.76. The molecule has 3 atom stereocenters. The van der Waals surface area contributed by atoms with Crippen molar-refractivity contribution < 1.29 is 19.4 Å². The fourth-order valence-corrected chi connectivity index (χ4v) is 2.95. The van der Waals surface area contributed by atoms with Gasteiger partial charge >= 0.3 is 12.0 Å². The highest BCUT2D eigenvalue weighted by Gasteiger charge is 2.35. The van der Waals surface area contributed by atoms with Crippen molar-refractivity contribution in [2.75, 3.05) is 26.2 Å². The third kappa shape index (κ3) is 3.23. The van der Waals surface area contributed by atoms with Crippen LogP contribution in [0.3, 0.4) is 0 Å². The number of rotatable bonds is 2. The molecule has 114 valence electrons. The van der Waals surface area contributed by atoms with E-state index in [0.29, 0.717) is 32.7 Å². The first-order chi connectivity index (χ1) is 9.52. The summed E-state index contributed by atoms with van der Waals surface area (Å²) in [5.74, 6) is -1.23. The zero-order chi connectivity index (χ0) is 14.7. The predicted molar refractivity (Wildman–Crippen MR) is 73.5 cm³/mol. The van der Waals surface area contributed by atoms with Gasteiger partial charge in [-0.05, 0) is 26.2 Å². The number of carboxylic acids is 1. The fourth-order valence-electron chi connectivity index (χ4n) is 2.95. The van der Waals surface area contributed by atoms with E-state index in [-0.39, 0.29) is 18.2 Å². The molecule has 2 heterocycles. The quantitative estimate of drug-likeness (QED) is 0.832. The standard InChI is InChI=1S/C14H24N2O4/c1-3-12-9-20-10(2)7-16(12)14(19)15-6-4-5-11(8-15)13(17)18/h10-12H,3-9H2,1-2H3,(H,17,18)/t10?,11-,12?/m1/s1. The molecule has 6 nitrogen and oxygen atoms in total. The van der Waals surface area contributed by atoms with Gasteiger partial charge in [0.05, 0.1) is 24.7 Å². The number of piperidine rings is 1. The number of morpholine rings is 1. The molecule has 20 heavy (non-hydrogen) atoms. The Morgan fingerprint density at radius 2 is 2.10 bits per heavy atom. The van der Waals surface area contributed by atoms with Crippen LogP contribution in [-0.4, -0.2) is 65.3 Å². The number of hydrogen-bond acceptors (Lipinski definition) is 3. The molecule has 0 aromatic carbocycles. The van der Waals surface area contributed by atoms with Crippen LogP contribution in [0.5, 0.6) is 0 Å². The Bertz CT molecular complexity index is 374. The third-order valence-corrected chi connectivity index (χ3v) is 4.23. The number of carbonyl (C=O) groups is 2. The molecule has 2 unspecified atom stereocenters. The van der Waals surface area contributed by atoms with Crippen LogP contribution in [0, 0.1) is 5.92 Å². The van der Waals surface area contributed by atoms with E-state index >= 15 is 0 Å². The Morgan fingerprint density at radius 3 is 2.75 bits per heavy atom. The first kappa shape index (κ1) is 15.1. The summed E-state index contributed by atoms with van der Waals surface area (Å²) in [6.07, 6.45) is 2.32.